The quantitative estimate of drug-likeness (QED) is 0.566. The van der Waals surface area contributed by atoms with E-state index in [0.717, 1.165) is 57.1 Å². The van der Waals surface area contributed by atoms with Crippen LogP contribution in [0.15, 0.2) is 24.3 Å². The highest BCUT2D eigenvalue weighted by Gasteiger charge is 2.15. The molecule has 0 aliphatic carbocycles. The predicted molar refractivity (Wildman–Crippen MR) is 78.4 cm³/mol. The molecule has 1 aliphatic heterocycles. The summed E-state index contributed by atoms with van der Waals surface area (Å²) < 4.78 is 10.9. The van der Waals surface area contributed by atoms with Crippen molar-refractivity contribution in [3.63, 3.8) is 0 Å². The number of ether oxygens (including phenoxy) is 2. The van der Waals surface area contributed by atoms with Crippen molar-refractivity contribution in [3.8, 4) is 5.75 Å². The van der Waals surface area contributed by atoms with Crippen LogP contribution in [0, 0.1) is 0 Å². The van der Waals surface area contributed by atoms with Crippen LogP contribution in [0.25, 0.3) is 0 Å². The fourth-order valence-corrected chi connectivity index (χ4v) is 2.13. The number of rotatable bonds is 7. The molecule has 110 valence electrons. The van der Waals surface area contributed by atoms with Gasteiger partial charge in [-0.05, 0) is 30.7 Å². The Morgan fingerprint density at radius 1 is 1.25 bits per heavy atom. The van der Waals surface area contributed by atoms with Crippen molar-refractivity contribution in [1.82, 2.24) is 4.90 Å². The first-order valence-electron chi connectivity index (χ1n) is 7.35. The highest BCUT2D eigenvalue weighted by Crippen LogP contribution is 2.13. The summed E-state index contributed by atoms with van der Waals surface area (Å²) >= 11 is 0. The molecule has 0 radical (unpaired) electrons. The zero-order valence-electron chi connectivity index (χ0n) is 12.1. The summed E-state index contributed by atoms with van der Waals surface area (Å²) in [6.45, 7) is 6.45. The van der Waals surface area contributed by atoms with E-state index in [-0.39, 0.29) is 5.78 Å². The Kier molecular flexibility index (Phi) is 6.02. The maximum Gasteiger partial charge on any atom is 0.176 e. The number of morpholine rings is 1. The molecule has 4 nitrogen and oxygen atoms in total. The number of hydrogen-bond donors (Lipinski definition) is 0. The number of unbranched alkanes of at least 4 members (excludes halogenated alkanes) is 1. The van der Waals surface area contributed by atoms with Gasteiger partial charge in [0.25, 0.3) is 0 Å². The molecule has 0 saturated carbocycles. The number of benzene rings is 1. The molecular weight excluding hydrogens is 254 g/mol. The summed E-state index contributed by atoms with van der Waals surface area (Å²) in [5.74, 6) is 0.994. The molecule has 20 heavy (non-hydrogen) atoms. The maximum atomic E-state index is 12.2. The molecule has 1 aromatic carbocycles. The Labute approximate surface area is 120 Å². The number of carbonyl (C=O) groups is 1. The molecule has 0 N–H and O–H groups in total. The molecular formula is C16H23NO3. The van der Waals surface area contributed by atoms with E-state index in [9.17, 15) is 4.79 Å². The van der Waals surface area contributed by atoms with Crippen LogP contribution in [0.1, 0.15) is 30.1 Å². The molecule has 1 aromatic rings. The van der Waals surface area contributed by atoms with Crippen molar-refractivity contribution in [2.75, 3.05) is 39.5 Å². The van der Waals surface area contributed by atoms with Crippen LogP contribution in [0.5, 0.6) is 5.75 Å². The molecule has 0 aromatic heterocycles. The van der Waals surface area contributed by atoms with Gasteiger partial charge in [-0.3, -0.25) is 9.69 Å². The fraction of sp³-hybridized carbons (Fsp3) is 0.562. The molecule has 0 unspecified atom stereocenters. The highest BCUT2D eigenvalue weighted by atomic mass is 16.5. The van der Waals surface area contributed by atoms with Gasteiger partial charge in [-0.15, -0.1) is 0 Å². The van der Waals surface area contributed by atoms with Gasteiger partial charge in [0.05, 0.1) is 26.4 Å². The zero-order valence-corrected chi connectivity index (χ0v) is 12.1. The predicted octanol–water partition coefficient (Wildman–Crippen LogP) is 2.38. The minimum absolute atomic E-state index is 0.159. The van der Waals surface area contributed by atoms with Gasteiger partial charge < -0.3 is 9.47 Å². The van der Waals surface area contributed by atoms with Crippen molar-refractivity contribution in [3.05, 3.63) is 29.8 Å². The minimum atomic E-state index is 0.159. The lowest BCUT2D eigenvalue weighted by atomic mass is 10.1. The SMILES string of the molecule is CCCCOc1ccc(C(=O)CN2CCOCC2)cc1. The van der Waals surface area contributed by atoms with E-state index < -0.39 is 0 Å². The average Bonchev–Trinajstić information content (AvgIpc) is 2.49. The average molecular weight is 277 g/mol. The van der Waals surface area contributed by atoms with Crippen molar-refractivity contribution < 1.29 is 14.3 Å². The lowest BCUT2D eigenvalue weighted by molar-refractivity contribution is 0.0371. The Bertz CT molecular complexity index is 410. The number of Topliss-reactive ketones (excluding diaryl/α,β-unsaturated/α-hetero) is 1. The molecule has 1 fully saturated rings. The standard InChI is InChI=1S/C16H23NO3/c1-2-3-10-20-15-6-4-14(5-7-15)16(18)13-17-8-11-19-12-9-17/h4-7H,2-3,8-13H2,1H3. The third kappa shape index (κ3) is 4.62. The van der Waals surface area contributed by atoms with Crippen LogP contribution >= 0.6 is 0 Å². The van der Waals surface area contributed by atoms with Gasteiger partial charge in [0, 0.05) is 18.7 Å². The van der Waals surface area contributed by atoms with Crippen LogP contribution in [0.2, 0.25) is 0 Å². The Morgan fingerprint density at radius 2 is 1.95 bits per heavy atom. The third-order valence-electron chi connectivity index (χ3n) is 3.41. The van der Waals surface area contributed by atoms with Crippen LogP contribution in [-0.2, 0) is 4.74 Å². The van der Waals surface area contributed by atoms with Crippen molar-refractivity contribution in [1.29, 1.82) is 0 Å². The fourth-order valence-electron chi connectivity index (χ4n) is 2.13. The van der Waals surface area contributed by atoms with E-state index in [0.29, 0.717) is 6.54 Å². The Hall–Kier alpha value is -1.39. The van der Waals surface area contributed by atoms with E-state index in [2.05, 4.69) is 11.8 Å². The van der Waals surface area contributed by atoms with Gasteiger partial charge in [-0.1, -0.05) is 13.3 Å². The lowest BCUT2D eigenvalue weighted by Crippen LogP contribution is -2.39. The van der Waals surface area contributed by atoms with Gasteiger partial charge in [0.2, 0.25) is 0 Å². The summed E-state index contributed by atoms with van der Waals surface area (Å²) in [5, 5.41) is 0. The van der Waals surface area contributed by atoms with Gasteiger partial charge in [0.1, 0.15) is 5.75 Å². The second-order valence-corrected chi connectivity index (χ2v) is 5.04. The van der Waals surface area contributed by atoms with Crippen molar-refractivity contribution >= 4 is 5.78 Å². The topological polar surface area (TPSA) is 38.8 Å². The number of carbonyl (C=O) groups excluding carboxylic acids is 1. The number of ketones is 1. The summed E-state index contributed by atoms with van der Waals surface area (Å²) in [6, 6.07) is 7.46. The van der Waals surface area contributed by atoms with E-state index in [1.807, 2.05) is 24.3 Å². The van der Waals surface area contributed by atoms with E-state index >= 15 is 0 Å². The van der Waals surface area contributed by atoms with E-state index in [4.69, 9.17) is 9.47 Å². The van der Waals surface area contributed by atoms with Gasteiger partial charge in [-0.25, -0.2) is 0 Å². The summed E-state index contributed by atoms with van der Waals surface area (Å²) in [6.07, 6.45) is 2.17. The second-order valence-electron chi connectivity index (χ2n) is 5.04. The largest absolute Gasteiger partial charge is 0.494 e. The Balaban J connectivity index is 1.83. The highest BCUT2D eigenvalue weighted by molar-refractivity contribution is 5.97. The molecule has 0 bridgehead atoms. The normalized spacial score (nSPS) is 16.1. The molecule has 1 saturated heterocycles. The van der Waals surface area contributed by atoms with Gasteiger partial charge >= 0.3 is 0 Å². The molecule has 1 aliphatic rings. The first-order valence-corrected chi connectivity index (χ1v) is 7.35. The van der Waals surface area contributed by atoms with Gasteiger partial charge in [0.15, 0.2) is 5.78 Å². The molecule has 0 atom stereocenters. The van der Waals surface area contributed by atoms with Gasteiger partial charge in [-0.2, -0.15) is 0 Å². The first-order chi connectivity index (χ1) is 9.79. The van der Waals surface area contributed by atoms with E-state index in [1.165, 1.54) is 0 Å². The second kappa shape index (κ2) is 8.02. The van der Waals surface area contributed by atoms with Crippen molar-refractivity contribution in [2.24, 2.45) is 0 Å². The first kappa shape index (κ1) is 15.0. The summed E-state index contributed by atoms with van der Waals surface area (Å²) in [4.78, 5) is 14.3. The molecule has 1 heterocycles. The van der Waals surface area contributed by atoms with Crippen LogP contribution < -0.4 is 4.74 Å². The maximum absolute atomic E-state index is 12.2. The lowest BCUT2D eigenvalue weighted by Gasteiger charge is -2.25. The summed E-state index contributed by atoms with van der Waals surface area (Å²) in [5.41, 5.74) is 0.749. The molecule has 0 spiro atoms. The molecule has 2 rings (SSSR count). The van der Waals surface area contributed by atoms with E-state index in [1.54, 1.807) is 0 Å². The minimum Gasteiger partial charge on any atom is -0.494 e. The zero-order chi connectivity index (χ0) is 14.2. The Morgan fingerprint density at radius 3 is 2.60 bits per heavy atom. The summed E-state index contributed by atoms with van der Waals surface area (Å²) in [7, 11) is 0. The van der Waals surface area contributed by atoms with Crippen LogP contribution in [-0.4, -0.2) is 50.1 Å². The molecule has 0 amide bonds. The smallest absolute Gasteiger partial charge is 0.176 e. The number of hydrogen-bond acceptors (Lipinski definition) is 4. The molecule has 4 heteroatoms. The van der Waals surface area contributed by atoms with Crippen LogP contribution in [0.4, 0.5) is 0 Å². The number of nitrogens with zero attached hydrogens (tertiary/aromatic N) is 1. The van der Waals surface area contributed by atoms with Crippen molar-refractivity contribution in [2.45, 2.75) is 19.8 Å². The van der Waals surface area contributed by atoms with Crippen LogP contribution in [0.3, 0.4) is 0 Å². The monoisotopic (exact) mass is 277 g/mol. The third-order valence-corrected chi connectivity index (χ3v) is 3.41.